The first-order valence-corrected chi connectivity index (χ1v) is 3.64. The van der Waals surface area contributed by atoms with E-state index < -0.39 is 0 Å². The highest BCUT2D eigenvalue weighted by Gasteiger charge is 2.00. The number of nitrogens with zero attached hydrogens (tertiary/aromatic N) is 1. The Kier molecular flexibility index (Phi) is 4.55. The van der Waals surface area contributed by atoms with Gasteiger partial charge in [-0.25, -0.2) is 4.99 Å². The number of isothiocyanates is 1. The Morgan fingerprint density at radius 2 is 2.00 bits per heavy atom. The van der Waals surface area contributed by atoms with Crippen LogP contribution in [0.1, 0.15) is 27.2 Å². The number of hydrogen-bond donors (Lipinski definition) is 0. The zero-order valence-electron chi connectivity index (χ0n) is 6.22. The topological polar surface area (TPSA) is 12.4 Å². The molecular formula is C7H13NS. The van der Waals surface area contributed by atoms with Crippen LogP contribution in [0.5, 0.6) is 0 Å². The minimum Gasteiger partial charge on any atom is -0.229 e. The van der Waals surface area contributed by atoms with Crippen molar-refractivity contribution in [3.05, 3.63) is 0 Å². The molecule has 0 N–H and O–H groups in total. The maximum Gasteiger partial charge on any atom is 0.0587 e. The summed E-state index contributed by atoms with van der Waals surface area (Å²) >= 11 is 4.46. The van der Waals surface area contributed by atoms with E-state index in [4.69, 9.17) is 0 Å². The van der Waals surface area contributed by atoms with E-state index in [1.54, 1.807) is 0 Å². The molecule has 0 radical (unpaired) electrons. The van der Waals surface area contributed by atoms with E-state index in [2.05, 4.69) is 43.1 Å². The predicted molar refractivity (Wildman–Crippen MR) is 43.9 cm³/mol. The molecule has 1 nitrogen and oxygen atoms in total. The summed E-state index contributed by atoms with van der Waals surface area (Å²) < 4.78 is 0. The van der Waals surface area contributed by atoms with E-state index in [-0.39, 0.29) is 0 Å². The van der Waals surface area contributed by atoms with E-state index in [1.165, 1.54) is 0 Å². The van der Waals surface area contributed by atoms with Gasteiger partial charge in [-0.3, -0.25) is 0 Å². The minimum absolute atomic E-state index is 0.350. The molecule has 0 aromatic rings. The van der Waals surface area contributed by atoms with Gasteiger partial charge in [0.15, 0.2) is 0 Å². The first kappa shape index (κ1) is 8.80. The molecule has 0 aliphatic heterocycles. The highest BCUT2D eigenvalue weighted by Crippen LogP contribution is 2.05. The largest absolute Gasteiger partial charge is 0.229 e. The van der Waals surface area contributed by atoms with Crippen molar-refractivity contribution in [3.8, 4) is 0 Å². The Hall–Kier alpha value is -0.200. The molecule has 1 atom stereocenters. The Morgan fingerprint density at radius 1 is 1.44 bits per heavy atom. The monoisotopic (exact) mass is 143 g/mol. The normalized spacial score (nSPS) is 12.9. The molecule has 0 aromatic carbocycles. The smallest absolute Gasteiger partial charge is 0.0587 e. The average molecular weight is 143 g/mol. The van der Waals surface area contributed by atoms with E-state index >= 15 is 0 Å². The fourth-order valence-corrected chi connectivity index (χ4v) is 1.00. The van der Waals surface area contributed by atoms with Crippen molar-refractivity contribution in [1.82, 2.24) is 0 Å². The molecule has 0 aliphatic rings. The molecule has 1 unspecified atom stereocenters. The van der Waals surface area contributed by atoms with Gasteiger partial charge in [-0.05, 0) is 31.5 Å². The van der Waals surface area contributed by atoms with Gasteiger partial charge in [0.2, 0.25) is 0 Å². The molecule has 2 heteroatoms. The Balaban J connectivity index is 3.49. The summed E-state index contributed by atoms with van der Waals surface area (Å²) in [6.45, 7) is 6.41. The highest BCUT2D eigenvalue weighted by atomic mass is 32.1. The lowest BCUT2D eigenvalue weighted by molar-refractivity contribution is 0.523. The Morgan fingerprint density at radius 3 is 2.33 bits per heavy atom. The van der Waals surface area contributed by atoms with Gasteiger partial charge in [0.1, 0.15) is 0 Å². The molecule has 0 saturated carbocycles. The number of rotatable bonds is 3. The second kappa shape index (κ2) is 4.66. The number of hydrogen-bond acceptors (Lipinski definition) is 2. The third-order valence-electron chi connectivity index (χ3n) is 1.09. The average Bonchev–Trinajstić information content (AvgIpc) is 1.63. The highest BCUT2D eigenvalue weighted by molar-refractivity contribution is 7.78. The lowest BCUT2D eigenvalue weighted by Gasteiger charge is -2.05. The van der Waals surface area contributed by atoms with Crippen LogP contribution in [-0.2, 0) is 0 Å². The second-order valence-corrected chi connectivity index (χ2v) is 2.88. The molecule has 0 spiro atoms. The Labute approximate surface area is 62.2 Å². The van der Waals surface area contributed by atoms with Crippen LogP contribution >= 0.6 is 12.2 Å². The van der Waals surface area contributed by atoms with Gasteiger partial charge in [-0.2, -0.15) is 0 Å². The summed E-state index contributed by atoms with van der Waals surface area (Å²) in [4.78, 5) is 3.93. The van der Waals surface area contributed by atoms with Crippen molar-refractivity contribution in [2.24, 2.45) is 10.9 Å². The minimum atomic E-state index is 0.350. The summed E-state index contributed by atoms with van der Waals surface area (Å²) in [6, 6.07) is 0.350. The third-order valence-corrected chi connectivity index (χ3v) is 1.19. The van der Waals surface area contributed by atoms with Crippen molar-refractivity contribution >= 4 is 17.4 Å². The van der Waals surface area contributed by atoms with Crippen LogP contribution in [0.4, 0.5) is 0 Å². The fourth-order valence-electron chi connectivity index (χ4n) is 0.825. The van der Waals surface area contributed by atoms with Gasteiger partial charge in [0, 0.05) is 0 Å². The quantitative estimate of drug-likeness (QED) is 0.437. The fraction of sp³-hybridized carbons (Fsp3) is 0.857. The molecule has 0 amide bonds. The van der Waals surface area contributed by atoms with Gasteiger partial charge in [-0.1, -0.05) is 13.8 Å². The molecule has 0 saturated heterocycles. The van der Waals surface area contributed by atoms with Crippen molar-refractivity contribution < 1.29 is 0 Å². The zero-order valence-corrected chi connectivity index (χ0v) is 7.03. The Bertz CT molecular complexity index is 114. The first-order valence-electron chi connectivity index (χ1n) is 3.23. The molecule has 9 heavy (non-hydrogen) atoms. The van der Waals surface area contributed by atoms with E-state index in [9.17, 15) is 0 Å². The van der Waals surface area contributed by atoms with Crippen LogP contribution in [0.25, 0.3) is 0 Å². The lowest BCUT2D eigenvalue weighted by Crippen LogP contribution is -2.01. The lowest BCUT2D eigenvalue weighted by atomic mass is 10.1. The third kappa shape index (κ3) is 5.67. The van der Waals surface area contributed by atoms with Gasteiger partial charge in [0.05, 0.1) is 11.2 Å². The second-order valence-electron chi connectivity index (χ2n) is 2.70. The number of thiocarbonyl (C=S) groups is 1. The maximum absolute atomic E-state index is 4.46. The first-order chi connectivity index (χ1) is 4.16. The summed E-state index contributed by atoms with van der Waals surface area (Å²) in [5.74, 6) is 0.701. The van der Waals surface area contributed by atoms with Gasteiger partial charge in [0.25, 0.3) is 0 Å². The van der Waals surface area contributed by atoms with Gasteiger partial charge in [-0.15, -0.1) is 0 Å². The van der Waals surface area contributed by atoms with Gasteiger partial charge >= 0.3 is 0 Å². The van der Waals surface area contributed by atoms with Crippen molar-refractivity contribution in [1.29, 1.82) is 0 Å². The van der Waals surface area contributed by atoms with Crippen molar-refractivity contribution in [2.45, 2.75) is 33.2 Å². The van der Waals surface area contributed by atoms with Crippen molar-refractivity contribution in [3.63, 3.8) is 0 Å². The van der Waals surface area contributed by atoms with E-state index in [1.807, 2.05) is 0 Å². The van der Waals surface area contributed by atoms with Crippen LogP contribution in [0, 0.1) is 5.92 Å². The van der Waals surface area contributed by atoms with Crippen LogP contribution in [-0.4, -0.2) is 11.2 Å². The molecule has 0 aliphatic carbocycles. The molecule has 0 aromatic heterocycles. The molecule has 0 fully saturated rings. The van der Waals surface area contributed by atoms with Crippen LogP contribution in [0.15, 0.2) is 4.99 Å². The van der Waals surface area contributed by atoms with E-state index in [0.717, 1.165) is 6.42 Å². The predicted octanol–water partition coefficient (Wildman–Crippen LogP) is 2.52. The van der Waals surface area contributed by atoms with Crippen LogP contribution < -0.4 is 0 Å². The molecular weight excluding hydrogens is 130 g/mol. The van der Waals surface area contributed by atoms with Gasteiger partial charge < -0.3 is 0 Å². The SMILES string of the molecule is CC(C)CC(C)N=C=S. The van der Waals surface area contributed by atoms with E-state index in [0.29, 0.717) is 12.0 Å². The molecule has 0 heterocycles. The van der Waals surface area contributed by atoms with Crippen molar-refractivity contribution in [2.75, 3.05) is 0 Å². The summed E-state index contributed by atoms with van der Waals surface area (Å²) in [6.07, 6.45) is 1.10. The molecule has 0 rings (SSSR count). The van der Waals surface area contributed by atoms with Crippen LogP contribution in [0.2, 0.25) is 0 Å². The number of aliphatic imine (C=N–C) groups is 1. The molecule has 0 bridgehead atoms. The standard InChI is InChI=1S/C7H13NS/c1-6(2)4-7(3)8-5-9/h6-7H,4H2,1-3H3. The maximum atomic E-state index is 4.46. The summed E-state index contributed by atoms with van der Waals surface area (Å²) in [7, 11) is 0. The summed E-state index contributed by atoms with van der Waals surface area (Å²) in [5, 5.41) is 2.38. The molecule has 52 valence electrons. The van der Waals surface area contributed by atoms with Crippen LogP contribution in [0.3, 0.4) is 0 Å². The zero-order chi connectivity index (χ0) is 7.28. The summed E-state index contributed by atoms with van der Waals surface area (Å²) in [5.41, 5.74) is 0.